The van der Waals surface area contributed by atoms with Crippen LogP contribution in [0.25, 0.3) is 0 Å². The molecular weight excluding hydrogens is 301 g/mol. The summed E-state index contributed by atoms with van der Waals surface area (Å²) < 4.78 is 10.8. The number of carboxylic acids is 1. The summed E-state index contributed by atoms with van der Waals surface area (Å²) in [5, 5.41) is 9.60. The van der Waals surface area contributed by atoms with Gasteiger partial charge in [-0.25, -0.2) is 9.86 Å². The molecule has 1 aromatic rings. The molecule has 3 N–H and O–H groups in total. The third kappa shape index (κ3) is 6.50. The van der Waals surface area contributed by atoms with Gasteiger partial charge in [0.15, 0.2) is 6.04 Å². The smallest absolute Gasteiger partial charge is 0.329 e. The zero-order valence-corrected chi connectivity index (χ0v) is 11.9. The molecule has 1 atom stereocenters. The van der Waals surface area contributed by atoms with Crippen molar-refractivity contribution in [2.45, 2.75) is 19.1 Å². The Kier molecular flexibility index (Phi) is 6.51. The number of carbonyl (C=O) groups excluding carboxylic acids is 1. The van der Waals surface area contributed by atoms with Gasteiger partial charge in [-0.3, -0.25) is 14.2 Å². The standard InChI is InChI=1S/C12H16NO7P/c14-9-13(20-8-10-4-2-1-3-5-10)11(12(15)16)6-7-21(17,18)19/h1-5,9,11H,6-8H2,(H,15,16)(H2,17,18,19). The summed E-state index contributed by atoms with van der Waals surface area (Å²) in [4.78, 5) is 44.7. The molecule has 0 spiro atoms. The maximum atomic E-state index is 11.1. The van der Waals surface area contributed by atoms with Gasteiger partial charge in [-0.1, -0.05) is 30.3 Å². The average Bonchev–Trinajstić information content (AvgIpc) is 2.42. The molecule has 0 aliphatic rings. The number of hydrogen-bond acceptors (Lipinski definition) is 4. The Hall–Kier alpha value is -1.73. The van der Waals surface area contributed by atoms with Gasteiger partial charge in [-0.2, -0.15) is 0 Å². The molecule has 9 heteroatoms. The van der Waals surface area contributed by atoms with Crippen LogP contribution in [-0.4, -0.2) is 44.5 Å². The molecule has 0 aliphatic carbocycles. The van der Waals surface area contributed by atoms with Crippen LogP contribution in [0.5, 0.6) is 0 Å². The Bertz CT molecular complexity index is 516. The zero-order valence-electron chi connectivity index (χ0n) is 11.0. The van der Waals surface area contributed by atoms with E-state index in [2.05, 4.69) is 0 Å². The van der Waals surface area contributed by atoms with Gasteiger partial charge >= 0.3 is 13.6 Å². The van der Waals surface area contributed by atoms with Crippen LogP contribution < -0.4 is 0 Å². The Morgan fingerprint density at radius 1 is 1.33 bits per heavy atom. The molecule has 8 nitrogen and oxygen atoms in total. The lowest BCUT2D eigenvalue weighted by molar-refractivity contribution is -0.200. The molecule has 0 heterocycles. The Morgan fingerprint density at radius 3 is 2.43 bits per heavy atom. The predicted molar refractivity (Wildman–Crippen MR) is 72.1 cm³/mol. The topological polar surface area (TPSA) is 124 Å². The number of carboxylic acid groups (broad SMARTS) is 1. The van der Waals surface area contributed by atoms with Crippen LogP contribution in [0.4, 0.5) is 0 Å². The van der Waals surface area contributed by atoms with E-state index in [1.54, 1.807) is 30.3 Å². The number of hydrogen-bond donors (Lipinski definition) is 3. The molecule has 21 heavy (non-hydrogen) atoms. The molecule has 0 radical (unpaired) electrons. The first-order valence-corrected chi connectivity index (χ1v) is 7.81. The summed E-state index contributed by atoms with van der Waals surface area (Å²) in [5.41, 5.74) is 0.725. The van der Waals surface area contributed by atoms with Gasteiger partial charge in [0.25, 0.3) is 0 Å². The highest BCUT2D eigenvalue weighted by Crippen LogP contribution is 2.35. The number of carbonyl (C=O) groups is 2. The molecule has 116 valence electrons. The molecular formula is C12H16NO7P. The molecule has 0 saturated heterocycles. The minimum atomic E-state index is -4.35. The summed E-state index contributed by atoms with van der Waals surface area (Å²) >= 11 is 0. The second-order valence-electron chi connectivity index (χ2n) is 4.26. The highest BCUT2D eigenvalue weighted by atomic mass is 31.2. The lowest BCUT2D eigenvalue weighted by atomic mass is 10.2. The lowest BCUT2D eigenvalue weighted by Crippen LogP contribution is -2.40. The largest absolute Gasteiger partial charge is 0.480 e. The number of benzene rings is 1. The first-order valence-electron chi connectivity index (χ1n) is 6.01. The Morgan fingerprint density at radius 2 is 1.95 bits per heavy atom. The van der Waals surface area contributed by atoms with Crippen molar-refractivity contribution in [2.24, 2.45) is 0 Å². The van der Waals surface area contributed by atoms with E-state index in [0.29, 0.717) is 5.06 Å². The second-order valence-corrected chi connectivity index (χ2v) is 6.03. The van der Waals surface area contributed by atoms with Crippen LogP contribution in [0, 0.1) is 0 Å². The number of hydroxylamine groups is 2. The molecule has 1 amide bonds. The normalized spacial score (nSPS) is 12.7. The van der Waals surface area contributed by atoms with Crippen molar-refractivity contribution >= 4 is 20.0 Å². The van der Waals surface area contributed by atoms with Crippen LogP contribution in [0.1, 0.15) is 12.0 Å². The quantitative estimate of drug-likeness (QED) is 0.346. The number of rotatable bonds is 9. The van der Waals surface area contributed by atoms with Gasteiger partial charge in [0.2, 0.25) is 6.41 Å². The minimum absolute atomic E-state index is 0.0285. The van der Waals surface area contributed by atoms with Crippen molar-refractivity contribution in [2.75, 3.05) is 6.16 Å². The van der Waals surface area contributed by atoms with Crippen LogP contribution >= 0.6 is 7.60 Å². The minimum Gasteiger partial charge on any atom is -0.480 e. The van der Waals surface area contributed by atoms with Crippen molar-refractivity contribution in [1.82, 2.24) is 5.06 Å². The molecule has 0 saturated carbocycles. The maximum Gasteiger partial charge on any atom is 0.329 e. The van der Waals surface area contributed by atoms with Gasteiger partial charge in [0.05, 0.1) is 6.16 Å². The van der Waals surface area contributed by atoms with Crippen molar-refractivity contribution in [3.63, 3.8) is 0 Å². The predicted octanol–water partition coefficient (Wildman–Crippen LogP) is 0.598. The molecule has 0 aromatic heterocycles. The number of aliphatic carboxylic acids is 1. The average molecular weight is 317 g/mol. The van der Waals surface area contributed by atoms with Crippen molar-refractivity contribution in [3.8, 4) is 0 Å². The van der Waals surface area contributed by atoms with E-state index in [1.807, 2.05) is 0 Å². The van der Waals surface area contributed by atoms with Gasteiger partial charge < -0.3 is 14.9 Å². The maximum absolute atomic E-state index is 11.1. The molecule has 1 rings (SSSR count). The highest BCUT2D eigenvalue weighted by Gasteiger charge is 2.28. The van der Waals surface area contributed by atoms with E-state index in [4.69, 9.17) is 19.7 Å². The second kappa shape index (κ2) is 7.90. The van der Waals surface area contributed by atoms with E-state index in [1.165, 1.54) is 0 Å². The first kappa shape index (κ1) is 17.3. The number of amides is 1. The molecule has 1 aromatic carbocycles. The molecule has 1 unspecified atom stereocenters. The van der Waals surface area contributed by atoms with E-state index < -0.39 is 32.2 Å². The van der Waals surface area contributed by atoms with E-state index in [-0.39, 0.29) is 13.0 Å². The van der Waals surface area contributed by atoms with Crippen LogP contribution in [0.2, 0.25) is 0 Å². The number of nitrogens with zero attached hydrogens (tertiary/aromatic N) is 1. The Labute approximate surface area is 121 Å². The fraction of sp³-hybridized carbons (Fsp3) is 0.333. The highest BCUT2D eigenvalue weighted by molar-refractivity contribution is 7.51. The van der Waals surface area contributed by atoms with E-state index in [9.17, 15) is 14.2 Å². The molecule has 0 fully saturated rings. The fourth-order valence-electron chi connectivity index (χ4n) is 1.57. The third-order valence-electron chi connectivity index (χ3n) is 2.61. The molecule has 0 aliphatic heterocycles. The summed E-state index contributed by atoms with van der Waals surface area (Å²) in [6.45, 7) is -0.0285. The Balaban J connectivity index is 2.67. The van der Waals surface area contributed by atoms with Crippen LogP contribution in [-0.2, 0) is 25.6 Å². The lowest BCUT2D eigenvalue weighted by Gasteiger charge is -2.24. The van der Waals surface area contributed by atoms with Crippen molar-refractivity contribution in [1.29, 1.82) is 0 Å². The summed E-state index contributed by atoms with van der Waals surface area (Å²) in [6.07, 6.45) is -0.877. The fourth-order valence-corrected chi connectivity index (χ4v) is 2.15. The van der Waals surface area contributed by atoms with E-state index in [0.717, 1.165) is 5.56 Å². The third-order valence-corrected chi connectivity index (χ3v) is 3.45. The van der Waals surface area contributed by atoms with Gasteiger partial charge in [0.1, 0.15) is 6.61 Å². The monoisotopic (exact) mass is 317 g/mol. The van der Waals surface area contributed by atoms with Gasteiger partial charge in [0, 0.05) is 0 Å². The zero-order chi connectivity index (χ0) is 15.9. The summed E-state index contributed by atoms with van der Waals surface area (Å²) in [5.74, 6) is -1.40. The van der Waals surface area contributed by atoms with Crippen molar-refractivity contribution in [3.05, 3.63) is 35.9 Å². The van der Waals surface area contributed by atoms with Crippen molar-refractivity contribution < 1.29 is 33.9 Å². The van der Waals surface area contributed by atoms with E-state index >= 15 is 0 Å². The summed E-state index contributed by atoms with van der Waals surface area (Å²) in [7, 11) is -4.35. The first-order chi connectivity index (χ1) is 9.83. The SMILES string of the molecule is O=CN(OCc1ccccc1)C(CCP(=O)(O)O)C(=O)O. The van der Waals surface area contributed by atoms with Crippen LogP contribution in [0.3, 0.4) is 0 Å². The van der Waals surface area contributed by atoms with Gasteiger partial charge in [-0.15, -0.1) is 0 Å². The van der Waals surface area contributed by atoms with Crippen LogP contribution in [0.15, 0.2) is 30.3 Å². The van der Waals surface area contributed by atoms with Gasteiger partial charge in [-0.05, 0) is 12.0 Å². The molecule has 0 bridgehead atoms. The summed E-state index contributed by atoms with van der Waals surface area (Å²) in [6, 6.07) is 7.31.